The molecule has 0 bridgehead atoms. The maximum atomic E-state index is 11.5. The Kier molecular flexibility index (Phi) is 6.96. The first-order valence-corrected chi connectivity index (χ1v) is 8.86. The van der Waals surface area contributed by atoms with Crippen molar-refractivity contribution >= 4 is 21.8 Å². The van der Waals surface area contributed by atoms with Crippen LogP contribution in [0.1, 0.15) is 18.9 Å². The Morgan fingerprint density at radius 1 is 1.09 bits per heavy atom. The van der Waals surface area contributed by atoms with Gasteiger partial charge in [-0.25, -0.2) is 13.2 Å². The van der Waals surface area contributed by atoms with Gasteiger partial charge in [-0.3, -0.25) is 4.79 Å². The topological polar surface area (TPSA) is 86.7 Å². The first-order chi connectivity index (χ1) is 10.7. The minimum Gasteiger partial charge on any atom is -0.462 e. The lowest BCUT2D eigenvalue weighted by Gasteiger charge is -2.06. The number of benzene rings is 1. The highest BCUT2D eigenvalue weighted by Gasteiger charge is 2.08. The van der Waals surface area contributed by atoms with Crippen LogP contribution in [-0.2, 0) is 35.3 Å². The highest BCUT2D eigenvalue weighted by Crippen LogP contribution is 2.11. The minimum atomic E-state index is -3.22. The van der Waals surface area contributed by atoms with Crippen LogP contribution in [0.4, 0.5) is 0 Å². The third-order valence-electron chi connectivity index (χ3n) is 2.90. The predicted octanol–water partition coefficient (Wildman–Crippen LogP) is 1.69. The molecule has 0 saturated heterocycles. The molecule has 0 aliphatic heterocycles. The molecular weight excluding hydrogens is 320 g/mol. The third-order valence-corrected chi connectivity index (χ3v) is 4.03. The van der Waals surface area contributed by atoms with Crippen LogP contribution < -0.4 is 0 Å². The van der Waals surface area contributed by atoms with Gasteiger partial charge in [-0.2, -0.15) is 0 Å². The summed E-state index contributed by atoms with van der Waals surface area (Å²) in [6, 6.07) is 6.34. The van der Waals surface area contributed by atoms with Crippen molar-refractivity contribution in [3.8, 4) is 0 Å². The summed E-state index contributed by atoms with van der Waals surface area (Å²) in [5.41, 5.74) is 1.12. The van der Waals surface area contributed by atoms with Gasteiger partial charge in [0.25, 0.3) is 0 Å². The fourth-order valence-electron chi connectivity index (χ4n) is 1.63. The Labute approximate surface area is 136 Å². The zero-order valence-corrected chi connectivity index (χ0v) is 14.0. The van der Waals surface area contributed by atoms with Crippen molar-refractivity contribution in [2.75, 3.05) is 19.5 Å². The molecule has 0 heterocycles. The summed E-state index contributed by atoms with van der Waals surface area (Å²) in [7, 11) is -3.22. The van der Waals surface area contributed by atoms with Gasteiger partial charge in [0, 0.05) is 18.2 Å². The van der Waals surface area contributed by atoms with Gasteiger partial charge >= 0.3 is 11.9 Å². The van der Waals surface area contributed by atoms with Crippen molar-refractivity contribution in [3.63, 3.8) is 0 Å². The number of ether oxygens (including phenoxy) is 2. The molecule has 0 radical (unpaired) electrons. The molecule has 0 aromatic heterocycles. The molecule has 0 atom stereocenters. The van der Waals surface area contributed by atoms with E-state index in [-0.39, 0.29) is 30.1 Å². The Balaban J connectivity index is 2.31. The van der Waals surface area contributed by atoms with Gasteiger partial charge in [0.2, 0.25) is 0 Å². The van der Waals surface area contributed by atoms with Crippen LogP contribution in [0.25, 0.3) is 0 Å². The van der Waals surface area contributed by atoms with Crippen LogP contribution in [0.2, 0.25) is 0 Å². The number of esters is 2. The standard InChI is InChI=1S/C16H20O6S/c1-12(2)16(18)22-11-10-21-15(17)9-6-13-4-7-14(8-5-13)23(3,19)20/h4-5,7-8H,1,6,9-11H2,2-3H3. The number of carbonyl (C=O) groups excluding carboxylic acids is 2. The van der Waals surface area contributed by atoms with E-state index in [2.05, 4.69) is 6.58 Å². The second kappa shape index (κ2) is 8.47. The summed E-state index contributed by atoms with van der Waals surface area (Å²) in [5, 5.41) is 0. The largest absolute Gasteiger partial charge is 0.462 e. The van der Waals surface area contributed by atoms with E-state index < -0.39 is 21.8 Å². The molecule has 0 fully saturated rings. The number of hydrogen-bond acceptors (Lipinski definition) is 6. The molecule has 0 saturated carbocycles. The van der Waals surface area contributed by atoms with Crippen LogP contribution in [0.5, 0.6) is 0 Å². The van der Waals surface area contributed by atoms with Crippen molar-refractivity contribution in [2.24, 2.45) is 0 Å². The van der Waals surface area contributed by atoms with Crippen molar-refractivity contribution in [3.05, 3.63) is 42.0 Å². The summed E-state index contributed by atoms with van der Waals surface area (Å²) in [6.07, 6.45) is 1.74. The lowest BCUT2D eigenvalue weighted by molar-refractivity contribution is -0.150. The second-order valence-corrected chi connectivity index (χ2v) is 7.07. The molecule has 0 aliphatic carbocycles. The van der Waals surface area contributed by atoms with Crippen molar-refractivity contribution in [1.29, 1.82) is 0 Å². The van der Waals surface area contributed by atoms with Gasteiger partial charge in [-0.1, -0.05) is 18.7 Å². The van der Waals surface area contributed by atoms with Crippen LogP contribution in [0.15, 0.2) is 41.3 Å². The van der Waals surface area contributed by atoms with Crippen LogP contribution >= 0.6 is 0 Å². The van der Waals surface area contributed by atoms with E-state index >= 15 is 0 Å². The molecule has 0 unspecified atom stereocenters. The summed E-state index contributed by atoms with van der Waals surface area (Å²) >= 11 is 0. The Morgan fingerprint density at radius 2 is 1.65 bits per heavy atom. The summed E-state index contributed by atoms with van der Waals surface area (Å²) in [5.74, 6) is -0.935. The van der Waals surface area contributed by atoms with E-state index in [0.717, 1.165) is 11.8 Å². The number of aryl methyl sites for hydroxylation is 1. The molecule has 126 valence electrons. The fourth-order valence-corrected chi connectivity index (χ4v) is 2.27. The highest BCUT2D eigenvalue weighted by atomic mass is 32.2. The van der Waals surface area contributed by atoms with Gasteiger partial charge in [-0.05, 0) is 31.0 Å². The van der Waals surface area contributed by atoms with E-state index in [1.54, 1.807) is 12.1 Å². The predicted molar refractivity (Wildman–Crippen MR) is 84.6 cm³/mol. The van der Waals surface area contributed by atoms with E-state index in [1.165, 1.54) is 19.1 Å². The van der Waals surface area contributed by atoms with E-state index in [0.29, 0.717) is 6.42 Å². The fraction of sp³-hybridized carbons (Fsp3) is 0.375. The van der Waals surface area contributed by atoms with Crippen LogP contribution in [-0.4, -0.2) is 39.8 Å². The number of carbonyl (C=O) groups is 2. The van der Waals surface area contributed by atoms with Gasteiger partial charge < -0.3 is 9.47 Å². The molecular formula is C16H20O6S. The SMILES string of the molecule is C=C(C)C(=O)OCCOC(=O)CCc1ccc(S(C)(=O)=O)cc1. The third kappa shape index (κ3) is 7.10. The minimum absolute atomic E-state index is 0.00906. The van der Waals surface area contributed by atoms with Gasteiger partial charge in [0.05, 0.1) is 4.90 Å². The lowest BCUT2D eigenvalue weighted by Crippen LogP contribution is -2.14. The molecule has 0 spiro atoms. The monoisotopic (exact) mass is 340 g/mol. The van der Waals surface area contributed by atoms with Gasteiger partial charge in [0.15, 0.2) is 9.84 Å². The lowest BCUT2D eigenvalue weighted by atomic mass is 10.1. The Hall–Kier alpha value is -2.15. The molecule has 0 aliphatic rings. The molecule has 6 nitrogen and oxygen atoms in total. The number of hydrogen-bond donors (Lipinski definition) is 0. The molecule has 1 aromatic rings. The average Bonchev–Trinajstić information content (AvgIpc) is 2.48. The smallest absolute Gasteiger partial charge is 0.333 e. The summed E-state index contributed by atoms with van der Waals surface area (Å²) < 4.78 is 32.4. The maximum absolute atomic E-state index is 11.5. The van der Waals surface area contributed by atoms with Crippen LogP contribution in [0, 0.1) is 0 Å². The van der Waals surface area contributed by atoms with Gasteiger partial charge in [-0.15, -0.1) is 0 Å². The Bertz CT molecular complexity index is 673. The summed E-state index contributed by atoms with van der Waals surface area (Å²) in [6.45, 7) is 4.94. The van der Waals surface area contributed by atoms with Crippen LogP contribution in [0.3, 0.4) is 0 Å². The zero-order valence-electron chi connectivity index (χ0n) is 13.2. The molecule has 7 heteroatoms. The normalized spacial score (nSPS) is 10.9. The molecule has 23 heavy (non-hydrogen) atoms. The highest BCUT2D eigenvalue weighted by molar-refractivity contribution is 7.90. The quantitative estimate of drug-likeness (QED) is 0.406. The number of sulfone groups is 1. The zero-order chi connectivity index (χ0) is 17.5. The molecule has 1 aromatic carbocycles. The first kappa shape index (κ1) is 18.9. The van der Waals surface area contributed by atoms with E-state index in [1.807, 2.05) is 0 Å². The van der Waals surface area contributed by atoms with E-state index in [4.69, 9.17) is 9.47 Å². The molecule has 0 amide bonds. The van der Waals surface area contributed by atoms with Gasteiger partial charge in [0.1, 0.15) is 13.2 Å². The molecule has 1 rings (SSSR count). The first-order valence-electron chi connectivity index (χ1n) is 6.97. The van der Waals surface area contributed by atoms with Crippen molar-refractivity contribution in [2.45, 2.75) is 24.7 Å². The average molecular weight is 340 g/mol. The van der Waals surface area contributed by atoms with Crippen molar-refractivity contribution in [1.82, 2.24) is 0 Å². The van der Waals surface area contributed by atoms with Crippen molar-refractivity contribution < 1.29 is 27.5 Å². The maximum Gasteiger partial charge on any atom is 0.333 e. The second-order valence-electron chi connectivity index (χ2n) is 5.05. The summed E-state index contributed by atoms with van der Waals surface area (Å²) in [4.78, 5) is 22.9. The molecule has 0 N–H and O–H groups in total. The van der Waals surface area contributed by atoms with E-state index in [9.17, 15) is 18.0 Å². The Morgan fingerprint density at radius 3 is 2.17 bits per heavy atom. The number of rotatable bonds is 8.